The van der Waals surface area contributed by atoms with E-state index >= 15 is 0 Å². The number of aryl methyl sites for hydroxylation is 1. The van der Waals surface area contributed by atoms with Crippen molar-refractivity contribution in [1.82, 2.24) is 4.98 Å². The summed E-state index contributed by atoms with van der Waals surface area (Å²) in [6.45, 7) is 1.98. The summed E-state index contributed by atoms with van der Waals surface area (Å²) in [4.78, 5) is 17.9. The van der Waals surface area contributed by atoms with Crippen LogP contribution < -0.4 is 19.5 Å². The molecule has 2 aromatic carbocycles. The van der Waals surface area contributed by atoms with Gasteiger partial charge < -0.3 is 14.2 Å². The van der Waals surface area contributed by atoms with Crippen LogP contribution in [0.15, 0.2) is 48.5 Å². The third-order valence-electron chi connectivity index (χ3n) is 4.25. The Morgan fingerprint density at radius 1 is 1.00 bits per heavy atom. The molecule has 0 aliphatic rings. The Labute approximate surface area is 173 Å². The zero-order valence-corrected chi connectivity index (χ0v) is 17.5. The second-order valence-corrected chi connectivity index (χ2v) is 7.29. The van der Waals surface area contributed by atoms with Gasteiger partial charge in [0.15, 0.2) is 5.13 Å². The van der Waals surface area contributed by atoms with Gasteiger partial charge >= 0.3 is 0 Å². The first-order chi connectivity index (χ1) is 14.0. The summed E-state index contributed by atoms with van der Waals surface area (Å²) < 4.78 is 15.7. The molecule has 1 aromatic heterocycles. The van der Waals surface area contributed by atoms with Crippen LogP contribution in [0, 0.1) is 6.92 Å². The zero-order chi connectivity index (χ0) is 20.8. The number of aromatic nitrogens is 1. The number of nitrogens with one attached hydrogen (secondary N) is 1. The van der Waals surface area contributed by atoms with Gasteiger partial charge in [0.1, 0.15) is 17.2 Å². The maximum atomic E-state index is 12.3. The van der Waals surface area contributed by atoms with Crippen molar-refractivity contribution in [3.05, 3.63) is 59.0 Å². The van der Waals surface area contributed by atoms with E-state index in [-0.39, 0.29) is 5.91 Å². The molecule has 0 unspecified atom stereocenters. The lowest BCUT2D eigenvalue weighted by Crippen LogP contribution is -2.07. The first-order valence-corrected chi connectivity index (χ1v) is 9.68. The lowest BCUT2D eigenvalue weighted by atomic mass is 10.1. The summed E-state index contributed by atoms with van der Waals surface area (Å²) in [6.07, 6.45) is 3.15. The summed E-state index contributed by atoms with van der Waals surface area (Å²) in [5.74, 6) is 1.83. The van der Waals surface area contributed by atoms with Gasteiger partial charge in [-0.2, -0.15) is 0 Å². The Balaban J connectivity index is 1.72. The maximum absolute atomic E-state index is 12.3. The van der Waals surface area contributed by atoms with Crippen molar-refractivity contribution in [3.8, 4) is 28.5 Å². The van der Waals surface area contributed by atoms with E-state index in [9.17, 15) is 4.79 Å². The number of thiazole rings is 1. The van der Waals surface area contributed by atoms with Crippen LogP contribution in [0.25, 0.3) is 17.3 Å². The fourth-order valence-corrected chi connectivity index (χ4v) is 3.57. The molecule has 1 amide bonds. The van der Waals surface area contributed by atoms with Crippen molar-refractivity contribution < 1.29 is 19.0 Å². The highest BCUT2D eigenvalue weighted by atomic mass is 32.1. The molecule has 3 aromatic rings. The van der Waals surface area contributed by atoms with Crippen LogP contribution in [0.1, 0.15) is 10.4 Å². The molecule has 7 heteroatoms. The molecule has 0 aliphatic heterocycles. The molecule has 0 bridgehead atoms. The number of benzene rings is 2. The molecule has 0 aliphatic carbocycles. The molecule has 29 heavy (non-hydrogen) atoms. The third kappa shape index (κ3) is 4.94. The van der Waals surface area contributed by atoms with Gasteiger partial charge in [-0.05, 0) is 49.4 Å². The number of hydrogen-bond donors (Lipinski definition) is 1. The van der Waals surface area contributed by atoms with E-state index in [4.69, 9.17) is 14.2 Å². The molecule has 0 fully saturated rings. The largest absolute Gasteiger partial charge is 0.497 e. The molecular weight excluding hydrogens is 388 g/mol. The fourth-order valence-electron chi connectivity index (χ4n) is 2.74. The summed E-state index contributed by atoms with van der Waals surface area (Å²) in [6, 6.07) is 13.1. The number of amides is 1. The molecule has 0 radical (unpaired) electrons. The molecule has 6 nitrogen and oxygen atoms in total. The number of carbonyl (C=O) groups excluding carboxylic acids is 1. The van der Waals surface area contributed by atoms with Crippen LogP contribution in [0.4, 0.5) is 5.13 Å². The van der Waals surface area contributed by atoms with Crippen molar-refractivity contribution in [2.24, 2.45) is 0 Å². The van der Waals surface area contributed by atoms with Gasteiger partial charge in [0.2, 0.25) is 5.91 Å². The number of anilines is 1. The standard InChI is InChI=1S/C22H22N2O4S/c1-14-21(16-6-9-17(26-2)10-7-16)24-22(29-14)23-20(25)12-8-15-5-11-18(27-3)13-19(15)28-4/h5-13H,1-4H3,(H,23,24,25)/b12-8+. The van der Waals surface area contributed by atoms with E-state index in [1.54, 1.807) is 33.5 Å². The highest BCUT2D eigenvalue weighted by Crippen LogP contribution is 2.31. The zero-order valence-electron chi connectivity index (χ0n) is 16.7. The first kappa shape index (κ1) is 20.4. The van der Waals surface area contributed by atoms with Crippen LogP contribution in [-0.2, 0) is 4.79 Å². The lowest BCUT2D eigenvalue weighted by Gasteiger charge is -2.07. The molecule has 0 spiro atoms. The van der Waals surface area contributed by atoms with Gasteiger partial charge in [-0.1, -0.05) is 0 Å². The SMILES string of the molecule is COc1ccc(-c2nc(NC(=O)/C=C/c3ccc(OC)cc3OC)sc2C)cc1. The van der Waals surface area contributed by atoms with E-state index in [1.165, 1.54) is 17.4 Å². The Bertz CT molecular complexity index is 1030. The van der Waals surface area contributed by atoms with Gasteiger partial charge in [0, 0.05) is 28.1 Å². The Kier molecular flexibility index (Phi) is 6.51. The summed E-state index contributed by atoms with van der Waals surface area (Å²) in [5, 5.41) is 3.36. The average Bonchev–Trinajstić information content (AvgIpc) is 3.11. The molecule has 3 rings (SSSR count). The van der Waals surface area contributed by atoms with Gasteiger partial charge in [0.25, 0.3) is 0 Å². The summed E-state index contributed by atoms with van der Waals surface area (Å²) >= 11 is 1.43. The van der Waals surface area contributed by atoms with E-state index in [0.717, 1.165) is 27.4 Å². The van der Waals surface area contributed by atoms with Crippen LogP contribution in [0.3, 0.4) is 0 Å². The van der Waals surface area contributed by atoms with Crippen molar-refractivity contribution in [1.29, 1.82) is 0 Å². The average molecular weight is 410 g/mol. The normalized spacial score (nSPS) is 10.8. The molecule has 1 N–H and O–H groups in total. The highest BCUT2D eigenvalue weighted by Gasteiger charge is 2.11. The first-order valence-electron chi connectivity index (χ1n) is 8.87. The minimum Gasteiger partial charge on any atom is -0.497 e. The smallest absolute Gasteiger partial charge is 0.250 e. The van der Waals surface area contributed by atoms with Crippen molar-refractivity contribution in [2.75, 3.05) is 26.6 Å². The van der Waals surface area contributed by atoms with Crippen LogP contribution in [0.2, 0.25) is 0 Å². The van der Waals surface area contributed by atoms with E-state index in [0.29, 0.717) is 16.6 Å². The predicted molar refractivity (Wildman–Crippen MR) is 116 cm³/mol. The molecule has 1 heterocycles. The van der Waals surface area contributed by atoms with Crippen LogP contribution in [0.5, 0.6) is 17.2 Å². The quantitative estimate of drug-likeness (QED) is 0.567. The monoisotopic (exact) mass is 410 g/mol. The van der Waals surface area contributed by atoms with E-state index in [2.05, 4.69) is 10.3 Å². The Hall–Kier alpha value is -3.32. The minimum atomic E-state index is -0.266. The summed E-state index contributed by atoms with van der Waals surface area (Å²) in [5.41, 5.74) is 2.59. The van der Waals surface area contributed by atoms with E-state index in [1.807, 2.05) is 43.3 Å². The van der Waals surface area contributed by atoms with Gasteiger partial charge in [-0.3, -0.25) is 10.1 Å². The lowest BCUT2D eigenvalue weighted by molar-refractivity contribution is -0.111. The number of hydrogen-bond acceptors (Lipinski definition) is 6. The van der Waals surface area contributed by atoms with Crippen LogP contribution >= 0.6 is 11.3 Å². The number of carbonyl (C=O) groups is 1. The fraction of sp³-hybridized carbons (Fsp3) is 0.182. The molecule has 0 saturated heterocycles. The molecular formula is C22H22N2O4S. The second-order valence-electron chi connectivity index (χ2n) is 6.08. The molecule has 0 saturated carbocycles. The minimum absolute atomic E-state index is 0.266. The maximum Gasteiger partial charge on any atom is 0.250 e. The van der Waals surface area contributed by atoms with Crippen molar-refractivity contribution in [2.45, 2.75) is 6.92 Å². The van der Waals surface area contributed by atoms with E-state index < -0.39 is 0 Å². The Morgan fingerprint density at radius 3 is 2.34 bits per heavy atom. The topological polar surface area (TPSA) is 69.7 Å². The highest BCUT2D eigenvalue weighted by molar-refractivity contribution is 7.16. The number of rotatable bonds is 7. The number of ether oxygens (including phenoxy) is 3. The third-order valence-corrected chi connectivity index (χ3v) is 5.13. The second kappa shape index (κ2) is 9.25. The van der Waals surface area contributed by atoms with Gasteiger partial charge in [-0.15, -0.1) is 11.3 Å². The molecule has 0 atom stereocenters. The number of methoxy groups -OCH3 is 3. The summed E-state index contributed by atoms with van der Waals surface area (Å²) in [7, 11) is 4.80. The van der Waals surface area contributed by atoms with Gasteiger partial charge in [0.05, 0.1) is 27.0 Å². The van der Waals surface area contributed by atoms with Gasteiger partial charge in [-0.25, -0.2) is 4.98 Å². The van der Waals surface area contributed by atoms with Crippen molar-refractivity contribution in [3.63, 3.8) is 0 Å². The predicted octanol–water partition coefficient (Wildman–Crippen LogP) is 4.80. The van der Waals surface area contributed by atoms with Crippen LogP contribution in [-0.4, -0.2) is 32.2 Å². The number of nitrogens with zero attached hydrogens (tertiary/aromatic N) is 1. The Morgan fingerprint density at radius 2 is 1.69 bits per heavy atom. The van der Waals surface area contributed by atoms with Crippen molar-refractivity contribution >= 4 is 28.5 Å². The molecule has 150 valence electrons.